The average molecular weight is 332 g/mol. The first kappa shape index (κ1) is 14.6. The van der Waals surface area contributed by atoms with Gasteiger partial charge in [-0.15, -0.1) is 0 Å². The fourth-order valence-electron chi connectivity index (χ4n) is 2.01. The van der Waals surface area contributed by atoms with E-state index in [1.54, 1.807) is 18.2 Å². The number of nitrogens with zero attached hydrogens (tertiary/aromatic N) is 1. The summed E-state index contributed by atoms with van der Waals surface area (Å²) in [6, 6.07) is 14.4. The molecule has 2 N–H and O–H groups in total. The highest BCUT2D eigenvalue weighted by atomic mass is 35.5. The lowest BCUT2D eigenvalue weighted by Gasteiger charge is -2.07. The molecule has 6 heteroatoms. The van der Waals surface area contributed by atoms with Crippen molar-refractivity contribution in [2.75, 3.05) is 5.32 Å². The molecule has 110 valence electrons. The Morgan fingerprint density at radius 2 is 1.77 bits per heavy atom. The van der Waals surface area contributed by atoms with E-state index >= 15 is 0 Å². The molecule has 1 aromatic heterocycles. The van der Waals surface area contributed by atoms with Crippen molar-refractivity contribution in [1.29, 1.82) is 0 Å². The third-order valence-corrected chi connectivity index (χ3v) is 3.62. The molecule has 4 nitrogen and oxygen atoms in total. The van der Waals surface area contributed by atoms with Crippen LogP contribution in [0.15, 0.2) is 59.5 Å². The molecule has 0 aliphatic rings. The first-order chi connectivity index (χ1) is 10.6. The Hall–Kier alpha value is -2.30. The quantitative estimate of drug-likeness (QED) is 0.743. The van der Waals surface area contributed by atoms with Crippen molar-refractivity contribution in [2.24, 2.45) is 0 Å². The van der Waals surface area contributed by atoms with Crippen LogP contribution in [-0.4, -0.2) is 9.97 Å². The number of halogens is 2. The second-order valence-electron chi connectivity index (χ2n) is 4.59. The number of hydrogen-bond acceptors (Lipinski definition) is 3. The molecular weight excluding hydrogens is 321 g/mol. The molecule has 3 aromatic rings. The van der Waals surface area contributed by atoms with Gasteiger partial charge >= 0.3 is 0 Å². The van der Waals surface area contributed by atoms with Gasteiger partial charge in [0, 0.05) is 27.5 Å². The summed E-state index contributed by atoms with van der Waals surface area (Å²) in [4.78, 5) is 19.2. The number of hydrogen-bond donors (Lipinski definition) is 2. The van der Waals surface area contributed by atoms with Crippen LogP contribution in [0, 0.1) is 0 Å². The van der Waals surface area contributed by atoms with Crippen LogP contribution in [0.4, 0.5) is 11.6 Å². The van der Waals surface area contributed by atoms with Gasteiger partial charge in [-0.2, -0.15) is 0 Å². The number of rotatable bonds is 3. The molecule has 0 spiro atoms. The molecular formula is C16H11Cl2N3O. The van der Waals surface area contributed by atoms with E-state index in [2.05, 4.69) is 15.3 Å². The summed E-state index contributed by atoms with van der Waals surface area (Å²) >= 11 is 12.1. The molecule has 0 aliphatic heterocycles. The number of aromatic amines is 1. The van der Waals surface area contributed by atoms with Gasteiger partial charge < -0.3 is 5.32 Å². The zero-order valence-electron chi connectivity index (χ0n) is 11.3. The molecule has 1 heterocycles. The summed E-state index contributed by atoms with van der Waals surface area (Å²) in [6.07, 6.45) is 1.47. The lowest BCUT2D eigenvalue weighted by molar-refractivity contribution is 1.12. The fraction of sp³-hybridized carbons (Fsp3) is 0. The monoisotopic (exact) mass is 331 g/mol. The third-order valence-electron chi connectivity index (χ3n) is 3.05. The lowest BCUT2D eigenvalue weighted by Crippen LogP contribution is -2.12. The second kappa shape index (κ2) is 6.22. The van der Waals surface area contributed by atoms with E-state index in [1.807, 2.05) is 30.3 Å². The minimum Gasteiger partial charge on any atom is -0.326 e. The van der Waals surface area contributed by atoms with Crippen LogP contribution in [0.3, 0.4) is 0 Å². The van der Waals surface area contributed by atoms with Gasteiger partial charge in [0.2, 0.25) is 5.95 Å². The maximum Gasteiger partial charge on any atom is 0.260 e. The first-order valence-corrected chi connectivity index (χ1v) is 7.26. The van der Waals surface area contributed by atoms with E-state index in [-0.39, 0.29) is 5.56 Å². The molecule has 0 saturated carbocycles. The van der Waals surface area contributed by atoms with Crippen LogP contribution >= 0.6 is 23.2 Å². The van der Waals surface area contributed by atoms with Gasteiger partial charge in [0.15, 0.2) is 0 Å². The molecule has 0 saturated heterocycles. The Bertz CT molecular complexity index is 863. The van der Waals surface area contributed by atoms with Gasteiger partial charge in [0.25, 0.3) is 5.56 Å². The van der Waals surface area contributed by atoms with Crippen LogP contribution in [0.1, 0.15) is 0 Å². The van der Waals surface area contributed by atoms with Gasteiger partial charge in [-0.3, -0.25) is 9.78 Å². The number of nitrogens with one attached hydrogen (secondary N) is 2. The summed E-state index contributed by atoms with van der Waals surface area (Å²) in [6.45, 7) is 0. The van der Waals surface area contributed by atoms with E-state index in [0.717, 1.165) is 5.69 Å². The summed E-state index contributed by atoms with van der Waals surface area (Å²) in [5.41, 5.74) is 1.46. The normalized spacial score (nSPS) is 10.5. The highest BCUT2D eigenvalue weighted by molar-refractivity contribution is 6.35. The van der Waals surface area contributed by atoms with Crippen molar-refractivity contribution < 1.29 is 0 Å². The van der Waals surface area contributed by atoms with E-state index in [1.165, 1.54) is 6.20 Å². The van der Waals surface area contributed by atoms with Crippen molar-refractivity contribution in [3.05, 3.63) is 75.1 Å². The van der Waals surface area contributed by atoms with Crippen molar-refractivity contribution in [3.8, 4) is 11.1 Å². The molecule has 0 amide bonds. The number of aromatic nitrogens is 2. The Labute approximate surface area is 136 Å². The highest BCUT2D eigenvalue weighted by Gasteiger charge is 2.10. The summed E-state index contributed by atoms with van der Waals surface area (Å²) in [5.74, 6) is 0.359. The molecule has 0 atom stereocenters. The second-order valence-corrected chi connectivity index (χ2v) is 5.43. The predicted molar refractivity (Wildman–Crippen MR) is 90.0 cm³/mol. The molecule has 22 heavy (non-hydrogen) atoms. The fourth-order valence-corrected chi connectivity index (χ4v) is 2.40. The average Bonchev–Trinajstić information content (AvgIpc) is 2.51. The van der Waals surface area contributed by atoms with Gasteiger partial charge in [-0.25, -0.2) is 4.98 Å². The number of benzene rings is 2. The minimum absolute atomic E-state index is 0.294. The molecule has 3 rings (SSSR count). The Kier molecular flexibility index (Phi) is 4.13. The Morgan fingerprint density at radius 3 is 2.50 bits per heavy atom. The number of H-pyrrole nitrogens is 1. The predicted octanol–water partition coefficient (Wildman–Crippen LogP) is 4.49. The molecule has 0 bridgehead atoms. The van der Waals surface area contributed by atoms with Gasteiger partial charge in [0.1, 0.15) is 0 Å². The summed E-state index contributed by atoms with van der Waals surface area (Å²) < 4.78 is 0. The maximum absolute atomic E-state index is 12.3. The smallest absolute Gasteiger partial charge is 0.260 e. The van der Waals surface area contributed by atoms with E-state index < -0.39 is 0 Å². The molecule has 0 radical (unpaired) electrons. The number of anilines is 2. The Balaban J connectivity index is 1.96. The summed E-state index contributed by atoms with van der Waals surface area (Å²) in [5, 5.41) is 3.97. The maximum atomic E-state index is 12.3. The van der Waals surface area contributed by atoms with Crippen molar-refractivity contribution >= 4 is 34.8 Å². The van der Waals surface area contributed by atoms with Crippen LogP contribution in [0.25, 0.3) is 11.1 Å². The van der Waals surface area contributed by atoms with Crippen LogP contribution in [-0.2, 0) is 0 Å². The van der Waals surface area contributed by atoms with Crippen molar-refractivity contribution in [2.45, 2.75) is 0 Å². The zero-order chi connectivity index (χ0) is 15.5. The number of para-hydroxylation sites is 1. The van der Waals surface area contributed by atoms with Crippen LogP contribution in [0.2, 0.25) is 10.0 Å². The van der Waals surface area contributed by atoms with Crippen molar-refractivity contribution in [3.63, 3.8) is 0 Å². The van der Waals surface area contributed by atoms with Crippen LogP contribution < -0.4 is 10.9 Å². The molecule has 0 unspecified atom stereocenters. The van der Waals surface area contributed by atoms with E-state index in [0.29, 0.717) is 27.1 Å². The zero-order valence-corrected chi connectivity index (χ0v) is 12.8. The van der Waals surface area contributed by atoms with E-state index in [4.69, 9.17) is 23.2 Å². The minimum atomic E-state index is -0.294. The molecule has 0 fully saturated rings. The first-order valence-electron chi connectivity index (χ1n) is 6.50. The molecule has 2 aromatic carbocycles. The lowest BCUT2D eigenvalue weighted by atomic mass is 10.1. The molecule has 0 aliphatic carbocycles. The van der Waals surface area contributed by atoms with Gasteiger partial charge in [-0.1, -0.05) is 41.4 Å². The van der Waals surface area contributed by atoms with E-state index in [9.17, 15) is 4.79 Å². The standard InChI is InChI=1S/C16H11Cl2N3O/c17-10-6-7-14(18)12(8-10)13-9-19-16(21-15(13)22)20-11-4-2-1-3-5-11/h1-9H,(H2,19,20,21,22). The Morgan fingerprint density at radius 1 is 1.00 bits per heavy atom. The topological polar surface area (TPSA) is 57.8 Å². The van der Waals surface area contributed by atoms with Gasteiger partial charge in [-0.05, 0) is 30.3 Å². The van der Waals surface area contributed by atoms with Gasteiger partial charge in [0.05, 0.1) is 5.56 Å². The summed E-state index contributed by atoms with van der Waals surface area (Å²) in [7, 11) is 0. The largest absolute Gasteiger partial charge is 0.326 e. The SMILES string of the molecule is O=c1[nH]c(Nc2ccccc2)ncc1-c1cc(Cl)ccc1Cl. The van der Waals surface area contributed by atoms with Crippen LogP contribution in [0.5, 0.6) is 0 Å². The third kappa shape index (κ3) is 3.13. The van der Waals surface area contributed by atoms with Crippen molar-refractivity contribution in [1.82, 2.24) is 9.97 Å². The highest BCUT2D eigenvalue weighted by Crippen LogP contribution is 2.28.